The summed E-state index contributed by atoms with van der Waals surface area (Å²) in [6, 6.07) is 2.08. The van der Waals surface area contributed by atoms with Crippen LogP contribution in [0.4, 0.5) is 0 Å². The van der Waals surface area contributed by atoms with E-state index in [0.29, 0.717) is 17.8 Å². The van der Waals surface area contributed by atoms with Crippen LogP contribution in [-0.2, 0) is 0 Å². The molecule has 1 aromatic heterocycles. The van der Waals surface area contributed by atoms with E-state index < -0.39 is 0 Å². The van der Waals surface area contributed by atoms with Gasteiger partial charge >= 0.3 is 0 Å². The zero-order chi connectivity index (χ0) is 12.6. The topological polar surface area (TPSA) is 33.4 Å². The van der Waals surface area contributed by atoms with Gasteiger partial charge in [-0.15, -0.1) is 0 Å². The summed E-state index contributed by atoms with van der Waals surface area (Å²) in [6.07, 6.45) is 3.21. The molecule has 3 atom stereocenters. The van der Waals surface area contributed by atoms with Crippen LogP contribution in [0, 0.1) is 5.92 Å². The molecule has 2 nitrogen and oxygen atoms in total. The Morgan fingerprint density at radius 1 is 1.29 bits per heavy atom. The molecule has 2 heteroatoms. The third kappa shape index (κ3) is 2.03. The summed E-state index contributed by atoms with van der Waals surface area (Å²) in [4.78, 5) is 0. The molecule has 96 valence electrons. The molecule has 1 aromatic rings. The average Bonchev–Trinajstić information content (AvgIpc) is 2.95. The lowest BCUT2D eigenvalue weighted by molar-refractivity contribution is 0.101. The van der Waals surface area contributed by atoms with Crippen molar-refractivity contribution in [1.82, 2.24) is 0 Å². The minimum Gasteiger partial charge on any atom is -0.465 e. The van der Waals surface area contributed by atoms with Gasteiger partial charge in [-0.25, -0.2) is 0 Å². The van der Waals surface area contributed by atoms with Crippen molar-refractivity contribution >= 4 is 0 Å². The van der Waals surface area contributed by atoms with Crippen molar-refractivity contribution in [1.29, 1.82) is 0 Å². The Morgan fingerprint density at radius 2 is 2.00 bits per heavy atom. The smallest absolute Gasteiger partial charge is 0.113 e. The van der Waals surface area contributed by atoms with Gasteiger partial charge in [0.15, 0.2) is 0 Å². The molecule has 2 aliphatic rings. The first-order valence-electron chi connectivity index (χ1n) is 6.98. The molecule has 2 bridgehead atoms. The second kappa shape index (κ2) is 4.85. The molecule has 1 heterocycles. The SMILES string of the molecule is CC.CC(C)c1cc2c(o1)C1CCC(C1)C2O. The van der Waals surface area contributed by atoms with Crippen molar-refractivity contribution in [2.24, 2.45) is 5.92 Å². The lowest BCUT2D eigenvalue weighted by Gasteiger charge is -2.23. The molecule has 0 radical (unpaired) electrons. The van der Waals surface area contributed by atoms with Crippen molar-refractivity contribution in [3.05, 3.63) is 23.2 Å². The minimum atomic E-state index is -0.269. The van der Waals surface area contributed by atoms with E-state index >= 15 is 0 Å². The molecular weight excluding hydrogens is 212 g/mol. The highest BCUT2D eigenvalue weighted by Crippen LogP contribution is 2.52. The predicted octanol–water partition coefficient (Wildman–Crippen LogP) is 4.36. The minimum absolute atomic E-state index is 0.269. The van der Waals surface area contributed by atoms with Gasteiger partial charge in [-0.2, -0.15) is 0 Å². The van der Waals surface area contributed by atoms with E-state index in [4.69, 9.17) is 4.42 Å². The molecule has 0 saturated heterocycles. The number of aliphatic hydroxyl groups excluding tert-OH is 1. The van der Waals surface area contributed by atoms with Crippen LogP contribution >= 0.6 is 0 Å². The number of fused-ring (bicyclic) bond motifs is 4. The van der Waals surface area contributed by atoms with Crippen molar-refractivity contribution < 1.29 is 9.52 Å². The highest BCUT2D eigenvalue weighted by molar-refractivity contribution is 5.32. The Hall–Kier alpha value is -0.760. The van der Waals surface area contributed by atoms with Crippen LogP contribution in [0.2, 0.25) is 0 Å². The summed E-state index contributed by atoms with van der Waals surface area (Å²) in [7, 11) is 0. The van der Waals surface area contributed by atoms with Crippen LogP contribution in [-0.4, -0.2) is 5.11 Å². The summed E-state index contributed by atoms with van der Waals surface area (Å²) in [5.41, 5.74) is 1.08. The van der Waals surface area contributed by atoms with E-state index in [9.17, 15) is 5.11 Å². The van der Waals surface area contributed by atoms with Crippen molar-refractivity contribution in [3.63, 3.8) is 0 Å². The van der Waals surface area contributed by atoms with E-state index in [-0.39, 0.29) is 6.10 Å². The molecule has 3 unspecified atom stereocenters. The van der Waals surface area contributed by atoms with Gasteiger partial charge in [0.25, 0.3) is 0 Å². The van der Waals surface area contributed by atoms with E-state index in [1.807, 2.05) is 13.8 Å². The Kier molecular flexibility index (Phi) is 3.62. The Labute approximate surface area is 104 Å². The van der Waals surface area contributed by atoms with E-state index in [1.165, 1.54) is 6.42 Å². The zero-order valence-corrected chi connectivity index (χ0v) is 11.4. The second-order valence-electron chi connectivity index (χ2n) is 5.34. The van der Waals surface area contributed by atoms with Gasteiger partial charge in [0.1, 0.15) is 11.5 Å². The molecule has 1 fully saturated rings. The summed E-state index contributed by atoms with van der Waals surface area (Å²) in [6.45, 7) is 8.27. The molecule has 0 aromatic carbocycles. The summed E-state index contributed by atoms with van der Waals surface area (Å²) in [5.74, 6) is 3.61. The van der Waals surface area contributed by atoms with Gasteiger partial charge < -0.3 is 9.52 Å². The van der Waals surface area contributed by atoms with Crippen LogP contribution in [0.25, 0.3) is 0 Å². The highest BCUT2D eigenvalue weighted by atomic mass is 16.3. The molecule has 0 spiro atoms. The second-order valence-corrected chi connectivity index (χ2v) is 5.34. The number of hydrogen-bond acceptors (Lipinski definition) is 2. The molecular formula is C15H24O2. The number of aliphatic hydroxyl groups is 1. The average molecular weight is 236 g/mol. The quantitative estimate of drug-likeness (QED) is 0.786. The molecule has 3 rings (SSSR count). The third-order valence-corrected chi connectivity index (χ3v) is 3.99. The van der Waals surface area contributed by atoms with Gasteiger partial charge in [0.2, 0.25) is 0 Å². The summed E-state index contributed by atoms with van der Waals surface area (Å²) >= 11 is 0. The molecule has 0 amide bonds. The van der Waals surface area contributed by atoms with Crippen LogP contribution in [0.1, 0.15) is 82.0 Å². The fourth-order valence-corrected chi connectivity index (χ4v) is 3.07. The van der Waals surface area contributed by atoms with Crippen LogP contribution in [0.5, 0.6) is 0 Å². The van der Waals surface area contributed by atoms with Gasteiger partial charge in [0.05, 0.1) is 6.10 Å². The molecule has 0 aliphatic heterocycles. The number of furan rings is 1. The maximum atomic E-state index is 10.2. The fraction of sp³-hybridized carbons (Fsp3) is 0.733. The van der Waals surface area contributed by atoms with Gasteiger partial charge in [0, 0.05) is 17.4 Å². The first-order valence-corrected chi connectivity index (χ1v) is 6.98. The third-order valence-electron chi connectivity index (χ3n) is 3.99. The highest BCUT2D eigenvalue weighted by Gasteiger charge is 2.41. The molecule has 2 aliphatic carbocycles. The number of hydrogen-bond donors (Lipinski definition) is 1. The standard InChI is InChI=1S/C13H18O2.C2H6/c1-7(2)11-6-10-12(14)8-3-4-9(5-8)13(10)15-11;1-2/h6-9,12,14H,3-5H2,1-2H3;1-2H3. The lowest BCUT2D eigenvalue weighted by Crippen LogP contribution is -2.15. The van der Waals surface area contributed by atoms with Crippen molar-refractivity contribution in [3.8, 4) is 0 Å². The first-order chi connectivity index (χ1) is 8.16. The zero-order valence-electron chi connectivity index (χ0n) is 11.4. The van der Waals surface area contributed by atoms with Crippen molar-refractivity contribution in [2.75, 3.05) is 0 Å². The van der Waals surface area contributed by atoms with E-state index in [2.05, 4.69) is 19.9 Å². The molecule has 1 N–H and O–H groups in total. The van der Waals surface area contributed by atoms with Gasteiger partial charge in [-0.3, -0.25) is 0 Å². The largest absolute Gasteiger partial charge is 0.465 e. The molecule has 1 saturated carbocycles. The van der Waals surface area contributed by atoms with Crippen molar-refractivity contribution in [2.45, 2.75) is 64.9 Å². The normalized spacial score (nSPS) is 29.9. The van der Waals surface area contributed by atoms with Gasteiger partial charge in [-0.05, 0) is 31.2 Å². The Bertz CT molecular complexity index is 365. The predicted molar refractivity (Wildman–Crippen MR) is 69.2 cm³/mol. The summed E-state index contributed by atoms with van der Waals surface area (Å²) in [5, 5.41) is 10.2. The Morgan fingerprint density at radius 3 is 2.65 bits per heavy atom. The monoisotopic (exact) mass is 236 g/mol. The van der Waals surface area contributed by atoms with Gasteiger partial charge in [-0.1, -0.05) is 27.7 Å². The number of rotatable bonds is 1. The van der Waals surface area contributed by atoms with Crippen LogP contribution in [0.3, 0.4) is 0 Å². The summed E-state index contributed by atoms with van der Waals surface area (Å²) < 4.78 is 5.91. The Balaban J connectivity index is 0.000000514. The van der Waals surface area contributed by atoms with E-state index in [1.54, 1.807) is 0 Å². The maximum absolute atomic E-state index is 10.2. The lowest BCUT2D eigenvalue weighted by atomic mass is 9.85. The van der Waals surface area contributed by atoms with Crippen LogP contribution in [0.15, 0.2) is 10.5 Å². The van der Waals surface area contributed by atoms with E-state index in [0.717, 1.165) is 29.9 Å². The fourth-order valence-electron chi connectivity index (χ4n) is 3.07. The first kappa shape index (κ1) is 12.7. The van der Waals surface area contributed by atoms with Crippen LogP contribution < -0.4 is 0 Å². The maximum Gasteiger partial charge on any atom is 0.113 e. The molecule has 17 heavy (non-hydrogen) atoms.